The fourth-order valence-corrected chi connectivity index (χ4v) is 1.000. The van der Waals surface area contributed by atoms with Crippen LogP contribution in [-0.4, -0.2) is 23.3 Å². The molecule has 4 nitrogen and oxygen atoms in total. The van der Waals surface area contributed by atoms with Crippen LogP contribution in [0.5, 0.6) is 0 Å². The van der Waals surface area contributed by atoms with Gasteiger partial charge in [0.2, 0.25) is 0 Å². The first-order valence-corrected chi connectivity index (χ1v) is 4.48. The van der Waals surface area contributed by atoms with Gasteiger partial charge in [0.25, 0.3) is 0 Å². The summed E-state index contributed by atoms with van der Waals surface area (Å²) in [6, 6.07) is 3.44. The van der Waals surface area contributed by atoms with Crippen LogP contribution in [0.2, 0.25) is 0 Å². The Morgan fingerprint density at radius 1 is 1.62 bits per heavy atom. The summed E-state index contributed by atoms with van der Waals surface area (Å²) in [4.78, 5) is 0. The fraction of sp³-hybridized carbons (Fsp3) is 0.556. The summed E-state index contributed by atoms with van der Waals surface area (Å²) < 4.78 is 0. The SMILES string of the molecule is CCCNCC([O-])c1cccnn1. The molecular formula is C9H14N3O-. The van der Waals surface area contributed by atoms with E-state index < -0.39 is 6.10 Å². The van der Waals surface area contributed by atoms with Crippen molar-refractivity contribution in [3.05, 3.63) is 24.0 Å². The molecule has 0 aliphatic carbocycles. The molecule has 0 amide bonds. The third-order valence-corrected chi connectivity index (χ3v) is 1.68. The van der Waals surface area contributed by atoms with E-state index >= 15 is 0 Å². The Kier molecular flexibility index (Phi) is 4.35. The lowest BCUT2D eigenvalue weighted by Crippen LogP contribution is -2.30. The second kappa shape index (κ2) is 5.61. The van der Waals surface area contributed by atoms with Crippen LogP contribution in [0.4, 0.5) is 0 Å². The number of rotatable bonds is 5. The average Bonchev–Trinajstić information content (AvgIpc) is 2.19. The molecule has 4 heteroatoms. The predicted molar refractivity (Wildman–Crippen MR) is 47.9 cm³/mol. The minimum absolute atomic E-state index is 0.423. The second-order valence-corrected chi connectivity index (χ2v) is 2.84. The van der Waals surface area contributed by atoms with Crippen molar-refractivity contribution >= 4 is 0 Å². The van der Waals surface area contributed by atoms with Crippen molar-refractivity contribution in [2.24, 2.45) is 0 Å². The molecule has 0 spiro atoms. The van der Waals surface area contributed by atoms with Gasteiger partial charge >= 0.3 is 0 Å². The highest BCUT2D eigenvalue weighted by molar-refractivity contribution is 5.02. The van der Waals surface area contributed by atoms with E-state index in [1.54, 1.807) is 18.3 Å². The lowest BCUT2D eigenvalue weighted by molar-refractivity contribution is -0.425. The van der Waals surface area contributed by atoms with Crippen molar-refractivity contribution in [2.45, 2.75) is 19.4 Å². The Hall–Kier alpha value is -1.00. The van der Waals surface area contributed by atoms with Crippen LogP contribution < -0.4 is 10.4 Å². The van der Waals surface area contributed by atoms with E-state index in [1.165, 1.54) is 0 Å². The van der Waals surface area contributed by atoms with Crippen molar-refractivity contribution in [3.8, 4) is 0 Å². The molecule has 1 atom stereocenters. The topological polar surface area (TPSA) is 60.9 Å². The maximum Gasteiger partial charge on any atom is 0.0508 e. The molecule has 13 heavy (non-hydrogen) atoms. The molecule has 0 aliphatic rings. The zero-order valence-corrected chi connectivity index (χ0v) is 7.73. The Morgan fingerprint density at radius 2 is 2.46 bits per heavy atom. The van der Waals surface area contributed by atoms with Crippen LogP contribution in [-0.2, 0) is 0 Å². The van der Waals surface area contributed by atoms with E-state index in [1.807, 2.05) is 0 Å². The van der Waals surface area contributed by atoms with Gasteiger partial charge in [-0.1, -0.05) is 13.0 Å². The zero-order chi connectivity index (χ0) is 9.52. The van der Waals surface area contributed by atoms with Gasteiger partial charge in [0.1, 0.15) is 0 Å². The first-order chi connectivity index (χ1) is 6.34. The molecule has 1 rings (SSSR count). The van der Waals surface area contributed by atoms with Gasteiger partial charge in [-0.3, -0.25) is 0 Å². The molecule has 1 aromatic rings. The summed E-state index contributed by atoms with van der Waals surface area (Å²) >= 11 is 0. The van der Waals surface area contributed by atoms with Crippen molar-refractivity contribution in [1.29, 1.82) is 0 Å². The van der Waals surface area contributed by atoms with Crippen LogP contribution in [0.25, 0.3) is 0 Å². The van der Waals surface area contributed by atoms with Crippen LogP contribution in [0, 0.1) is 0 Å². The Labute approximate surface area is 78.0 Å². The molecule has 1 heterocycles. The molecule has 1 unspecified atom stereocenters. The monoisotopic (exact) mass is 180 g/mol. The number of hydrogen-bond donors (Lipinski definition) is 1. The molecule has 0 radical (unpaired) electrons. The minimum Gasteiger partial charge on any atom is -0.846 e. The second-order valence-electron chi connectivity index (χ2n) is 2.84. The summed E-state index contributed by atoms with van der Waals surface area (Å²) in [5.74, 6) is 0. The molecule has 1 N–H and O–H groups in total. The van der Waals surface area contributed by atoms with E-state index in [2.05, 4.69) is 22.4 Å². The van der Waals surface area contributed by atoms with Gasteiger partial charge in [-0.25, -0.2) is 0 Å². The van der Waals surface area contributed by atoms with Crippen molar-refractivity contribution in [2.75, 3.05) is 13.1 Å². The Morgan fingerprint density at radius 3 is 3.08 bits per heavy atom. The predicted octanol–water partition coefficient (Wildman–Crippen LogP) is -0.122. The highest BCUT2D eigenvalue weighted by atomic mass is 16.3. The van der Waals surface area contributed by atoms with E-state index in [0.29, 0.717) is 12.2 Å². The number of aromatic nitrogens is 2. The molecule has 0 bridgehead atoms. The van der Waals surface area contributed by atoms with Crippen molar-refractivity contribution in [1.82, 2.24) is 15.5 Å². The minimum atomic E-state index is -0.805. The molecule has 0 aromatic carbocycles. The molecule has 72 valence electrons. The third kappa shape index (κ3) is 3.48. The first kappa shape index (κ1) is 10.1. The van der Waals surface area contributed by atoms with Crippen molar-refractivity contribution < 1.29 is 5.11 Å². The molecule has 0 saturated carbocycles. The normalized spacial score (nSPS) is 12.8. The van der Waals surface area contributed by atoms with Gasteiger partial charge in [0.05, 0.1) is 5.69 Å². The molecule has 0 aliphatic heterocycles. The molecule has 0 saturated heterocycles. The van der Waals surface area contributed by atoms with E-state index in [0.717, 1.165) is 13.0 Å². The van der Waals surface area contributed by atoms with Crippen LogP contribution >= 0.6 is 0 Å². The van der Waals surface area contributed by atoms with Crippen molar-refractivity contribution in [3.63, 3.8) is 0 Å². The van der Waals surface area contributed by atoms with Crippen LogP contribution in [0.1, 0.15) is 25.1 Å². The van der Waals surface area contributed by atoms with Gasteiger partial charge in [-0.2, -0.15) is 10.2 Å². The molecular weight excluding hydrogens is 166 g/mol. The van der Waals surface area contributed by atoms with Gasteiger partial charge in [0, 0.05) is 6.20 Å². The van der Waals surface area contributed by atoms with Gasteiger partial charge in [-0.05, 0) is 31.6 Å². The lowest BCUT2D eigenvalue weighted by atomic mass is 10.2. The smallest absolute Gasteiger partial charge is 0.0508 e. The quantitative estimate of drug-likeness (QED) is 0.642. The summed E-state index contributed by atoms with van der Waals surface area (Å²) in [5.41, 5.74) is 0.506. The average molecular weight is 180 g/mol. The Balaban J connectivity index is 2.35. The maximum atomic E-state index is 11.4. The summed E-state index contributed by atoms with van der Waals surface area (Å²) in [6.07, 6.45) is 1.79. The Bertz CT molecular complexity index is 228. The number of nitrogens with zero attached hydrogens (tertiary/aromatic N) is 2. The number of nitrogens with one attached hydrogen (secondary N) is 1. The highest BCUT2D eigenvalue weighted by Crippen LogP contribution is 2.01. The maximum absolute atomic E-state index is 11.4. The third-order valence-electron chi connectivity index (χ3n) is 1.68. The van der Waals surface area contributed by atoms with Crippen LogP contribution in [0.15, 0.2) is 18.3 Å². The van der Waals surface area contributed by atoms with Gasteiger partial charge < -0.3 is 10.4 Å². The fourth-order valence-electron chi connectivity index (χ4n) is 1.000. The van der Waals surface area contributed by atoms with Gasteiger partial charge in [-0.15, -0.1) is 0 Å². The largest absolute Gasteiger partial charge is 0.846 e. The van der Waals surface area contributed by atoms with E-state index in [-0.39, 0.29) is 0 Å². The summed E-state index contributed by atoms with van der Waals surface area (Å²) in [7, 11) is 0. The zero-order valence-electron chi connectivity index (χ0n) is 7.73. The number of hydrogen-bond acceptors (Lipinski definition) is 4. The lowest BCUT2D eigenvalue weighted by Gasteiger charge is -2.20. The first-order valence-electron chi connectivity index (χ1n) is 4.48. The summed E-state index contributed by atoms with van der Waals surface area (Å²) in [5, 5.41) is 21.9. The van der Waals surface area contributed by atoms with Gasteiger partial charge in [0.15, 0.2) is 0 Å². The molecule has 1 aromatic heterocycles. The highest BCUT2D eigenvalue weighted by Gasteiger charge is 1.98. The summed E-state index contributed by atoms with van der Waals surface area (Å²) in [6.45, 7) is 3.36. The van der Waals surface area contributed by atoms with E-state index in [9.17, 15) is 5.11 Å². The van der Waals surface area contributed by atoms with E-state index in [4.69, 9.17) is 0 Å². The molecule has 0 fully saturated rings. The standard InChI is InChI=1S/C9H14N3O/c1-2-5-10-7-9(13)8-4-3-6-11-12-8/h3-4,6,9-10H,2,5,7H2,1H3/q-1. The van der Waals surface area contributed by atoms with Crippen LogP contribution in [0.3, 0.4) is 0 Å².